The molecule has 4 aromatic rings. The van der Waals surface area contributed by atoms with Gasteiger partial charge in [0.05, 0.1) is 0 Å². The van der Waals surface area contributed by atoms with Gasteiger partial charge in [0, 0.05) is 21.4 Å². The molecule has 0 radical (unpaired) electrons. The number of H-pyrrole nitrogens is 1. The van der Waals surface area contributed by atoms with Gasteiger partial charge in [-0.1, -0.05) is 29.3 Å². The quantitative estimate of drug-likeness (QED) is 0.308. The third-order valence-electron chi connectivity index (χ3n) is 4.11. The highest BCUT2D eigenvalue weighted by Gasteiger charge is 2.14. The summed E-state index contributed by atoms with van der Waals surface area (Å²) in [5.74, 6) is 1.13. The van der Waals surface area contributed by atoms with Crippen LogP contribution in [-0.4, -0.2) is 25.3 Å². The van der Waals surface area contributed by atoms with Crippen LogP contribution < -0.4 is 16.0 Å². The summed E-state index contributed by atoms with van der Waals surface area (Å²) in [6.07, 6.45) is 1.44. The molecular formula is C19H15Cl2N7S. The van der Waals surface area contributed by atoms with Gasteiger partial charge >= 0.3 is 0 Å². The van der Waals surface area contributed by atoms with E-state index in [-0.39, 0.29) is 0 Å². The molecule has 146 valence electrons. The lowest BCUT2D eigenvalue weighted by Gasteiger charge is -2.13. The number of aryl methyl sites for hydroxylation is 1. The molecule has 2 aromatic carbocycles. The highest BCUT2D eigenvalue weighted by Crippen LogP contribution is 2.29. The molecule has 2 aromatic heterocycles. The van der Waals surface area contributed by atoms with Gasteiger partial charge in [0.25, 0.3) is 0 Å². The smallest absolute Gasteiger partial charge is 0.188 e. The molecule has 0 fully saturated rings. The second kappa shape index (κ2) is 8.20. The minimum Gasteiger partial charge on any atom is -0.339 e. The van der Waals surface area contributed by atoms with Crippen molar-refractivity contribution in [3.8, 4) is 0 Å². The van der Waals surface area contributed by atoms with Crippen LogP contribution in [0.25, 0.3) is 11.0 Å². The first-order valence-corrected chi connectivity index (χ1v) is 9.72. The van der Waals surface area contributed by atoms with Crippen LogP contribution in [0.2, 0.25) is 10.0 Å². The van der Waals surface area contributed by atoms with Crippen molar-refractivity contribution in [3.63, 3.8) is 0 Å². The number of benzene rings is 2. The van der Waals surface area contributed by atoms with E-state index >= 15 is 0 Å². The van der Waals surface area contributed by atoms with Crippen molar-refractivity contribution in [3.05, 3.63) is 64.4 Å². The number of nitrogens with zero attached hydrogens (tertiary/aromatic N) is 3. The fourth-order valence-corrected chi connectivity index (χ4v) is 3.41. The minimum absolute atomic E-state index is 0.388. The van der Waals surface area contributed by atoms with E-state index in [2.05, 4.69) is 36.1 Å². The number of aromatic nitrogens is 4. The molecule has 0 atom stereocenters. The maximum atomic E-state index is 6.07. The van der Waals surface area contributed by atoms with Crippen molar-refractivity contribution in [1.29, 1.82) is 0 Å². The number of aromatic amines is 1. The molecule has 7 nitrogen and oxygen atoms in total. The molecule has 0 saturated heterocycles. The maximum Gasteiger partial charge on any atom is 0.188 e. The predicted octanol–water partition coefficient (Wildman–Crippen LogP) is 5.52. The Labute approximate surface area is 181 Å². The van der Waals surface area contributed by atoms with E-state index < -0.39 is 0 Å². The zero-order valence-corrected chi connectivity index (χ0v) is 17.5. The molecule has 2 heterocycles. The van der Waals surface area contributed by atoms with Crippen molar-refractivity contribution >= 4 is 74.6 Å². The van der Waals surface area contributed by atoms with Crippen LogP contribution in [0.3, 0.4) is 0 Å². The third kappa shape index (κ3) is 4.40. The fourth-order valence-electron chi connectivity index (χ4n) is 2.78. The average molecular weight is 444 g/mol. The average Bonchev–Trinajstić information content (AvgIpc) is 3.08. The molecule has 4 rings (SSSR count). The summed E-state index contributed by atoms with van der Waals surface area (Å²) in [7, 11) is 0. The number of fused-ring (bicyclic) bond motifs is 1. The lowest BCUT2D eigenvalue weighted by atomic mass is 10.2. The van der Waals surface area contributed by atoms with E-state index in [9.17, 15) is 0 Å². The summed E-state index contributed by atoms with van der Waals surface area (Å²) in [5.41, 5.74) is 3.12. The maximum absolute atomic E-state index is 6.07. The molecule has 0 amide bonds. The number of halogens is 2. The Balaban J connectivity index is 1.60. The van der Waals surface area contributed by atoms with Crippen molar-refractivity contribution in [2.24, 2.45) is 0 Å². The summed E-state index contributed by atoms with van der Waals surface area (Å²) in [6, 6.07) is 12.9. The predicted molar refractivity (Wildman–Crippen MR) is 122 cm³/mol. The van der Waals surface area contributed by atoms with Gasteiger partial charge in [-0.05, 0) is 61.1 Å². The van der Waals surface area contributed by atoms with Gasteiger partial charge in [0.1, 0.15) is 23.3 Å². The summed E-state index contributed by atoms with van der Waals surface area (Å²) in [6.45, 7) is 1.95. The monoisotopic (exact) mass is 443 g/mol. The molecule has 0 aliphatic carbocycles. The Hall–Kier alpha value is -2.94. The van der Waals surface area contributed by atoms with Crippen LogP contribution in [0.15, 0.2) is 48.8 Å². The topological polar surface area (TPSA) is 90.5 Å². The van der Waals surface area contributed by atoms with Gasteiger partial charge in [-0.2, -0.15) is 5.10 Å². The Morgan fingerprint density at radius 3 is 2.66 bits per heavy atom. The Kier molecular flexibility index (Phi) is 5.48. The summed E-state index contributed by atoms with van der Waals surface area (Å²) < 4.78 is 0. The van der Waals surface area contributed by atoms with Crippen LogP contribution in [0.4, 0.5) is 23.0 Å². The molecule has 0 aliphatic rings. The molecule has 4 N–H and O–H groups in total. The first-order chi connectivity index (χ1) is 14.0. The van der Waals surface area contributed by atoms with Gasteiger partial charge in [-0.25, -0.2) is 9.97 Å². The molecule has 0 aliphatic heterocycles. The minimum atomic E-state index is 0.388. The zero-order valence-electron chi connectivity index (χ0n) is 15.1. The summed E-state index contributed by atoms with van der Waals surface area (Å²) >= 11 is 17.5. The standard InChI is InChI=1S/C19H15Cl2N7S/c1-10-7-12(21)5-6-14(10)25-19(29)26-18-15-16(22-9-23-17(15)27-28-18)24-13-4-2-3-11(20)8-13/h2-9H,1H3,(H4,22,23,24,25,26,27,28,29). The van der Waals surface area contributed by atoms with E-state index in [1.807, 2.05) is 31.2 Å². The van der Waals surface area contributed by atoms with Gasteiger partial charge in [-0.15, -0.1) is 0 Å². The molecule has 0 spiro atoms. The highest BCUT2D eigenvalue weighted by molar-refractivity contribution is 7.80. The molecule has 0 unspecified atom stereocenters. The van der Waals surface area contributed by atoms with Crippen LogP contribution in [0, 0.1) is 6.92 Å². The van der Waals surface area contributed by atoms with Gasteiger partial charge in [0.2, 0.25) is 0 Å². The van der Waals surface area contributed by atoms with Crippen LogP contribution in [0.1, 0.15) is 5.56 Å². The number of hydrogen-bond donors (Lipinski definition) is 4. The molecule has 0 saturated carbocycles. The van der Waals surface area contributed by atoms with E-state index in [1.54, 1.807) is 18.2 Å². The Morgan fingerprint density at radius 2 is 1.86 bits per heavy atom. The number of rotatable bonds is 4. The summed E-state index contributed by atoms with van der Waals surface area (Å²) in [4.78, 5) is 8.54. The second-order valence-corrected chi connectivity index (χ2v) is 7.47. The number of thiocarbonyl (C=S) groups is 1. The van der Waals surface area contributed by atoms with Crippen molar-refractivity contribution in [2.75, 3.05) is 16.0 Å². The SMILES string of the molecule is Cc1cc(Cl)ccc1NC(=S)Nc1[nH]nc2ncnc(Nc3cccc(Cl)c3)c12. The second-order valence-electron chi connectivity index (χ2n) is 6.19. The van der Waals surface area contributed by atoms with Crippen molar-refractivity contribution < 1.29 is 0 Å². The van der Waals surface area contributed by atoms with Crippen LogP contribution in [0.5, 0.6) is 0 Å². The van der Waals surface area contributed by atoms with Crippen molar-refractivity contribution in [2.45, 2.75) is 6.92 Å². The van der Waals surface area contributed by atoms with E-state index in [4.69, 9.17) is 35.4 Å². The van der Waals surface area contributed by atoms with Crippen molar-refractivity contribution in [1.82, 2.24) is 20.2 Å². The van der Waals surface area contributed by atoms with Crippen LogP contribution in [-0.2, 0) is 0 Å². The first-order valence-electron chi connectivity index (χ1n) is 8.55. The van der Waals surface area contributed by atoms with Crippen LogP contribution >= 0.6 is 35.4 Å². The van der Waals surface area contributed by atoms with Gasteiger partial charge in [-0.3, -0.25) is 5.10 Å². The molecule has 10 heteroatoms. The Morgan fingerprint density at radius 1 is 1.03 bits per heavy atom. The highest BCUT2D eigenvalue weighted by atomic mass is 35.5. The Bertz CT molecular complexity index is 1210. The lowest BCUT2D eigenvalue weighted by molar-refractivity contribution is 1.09. The molecular weight excluding hydrogens is 429 g/mol. The number of anilines is 4. The van der Waals surface area contributed by atoms with Gasteiger partial charge < -0.3 is 16.0 Å². The normalized spacial score (nSPS) is 10.7. The lowest BCUT2D eigenvalue weighted by Crippen LogP contribution is -2.20. The summed E-state index contributed by atoms with van der Waals surface area (Å²) in [5, 5.41) is 19.0. The number of hydrogen-bond acceptors (Lipinski definition) is 5. The fraction of sp³-hybridized carbons (Fsp3) is 0.0526. The van der Waals surface area contributed by atoms with E-state index in [0.717, 1.165) is 16.9 Å². The molecule has 0 bridgehead atoms. The van der Waals surface area contributed by atoms with E-state index in [1.165, 1.54) is 6.33 Å². The first kappa shape index (κ1) is 19.4. The van der Waals surface area contributed by atoms with E-state index in [0.29, 0.717) is 37.8 Å². The third-order valence-corrected chi connectivity index (χ3v) is 4.79. The zero-order chi connectivity index (χ0) is 20.4. The van der Waals surface area contributed by atoms with Gasteiger partial charge in [0.15, 0.2) is 10.8 Å². The largest absolute Gasteiger partial charge is 0.339 e. The number of nitrogens with one attached hydrogen (secondary N) is 4. The molecule has 29 heavy (non-hydrogen) atoms.